The number of hydrogen-bond acceptors (Lipinski definition) is 2. The molecule has 0 aliphatic carbocycles. The predicted octanol–water partition coefficient (Wildman–Crippen LogP) is 3.17. The summed E-state index contributed by atoms with van der Waals surface area (Å²) in [5.74, 6) is -0.408. The Bertz CT molecular complexity index is 429. The highest BCUT2D eigenvalue weighted by Gasteiger charge is 2.11. The first-order valence-corrected chi connectivity index (χ1v) is 4.68. The molecule has 0 aliphatic rings. The summed E-state index contributed by atoms with van der Waals surface area (Å²) in [7, 11) is 0. The fourth-order valence-electron chi connectivity index (χ4n) is 1.50. The molecule has 0 aromatic carbocycles. The van der Waals surface area contributed by atoms with Crippen molar-refractivity contribution in [2.75, 3.05) is 5.73 Å². The van der Waals surface area contributed by atoms with E-state index in [2.05, 4.69) is 11.6 Å². The molecule has 1 aromatic heterocycles. The molecule has 0 fully saturated rings. The van der Waals surface area contributed by atoms with E-state index in [0.29, 0.717) is 11.4 Å². The Kier molecular flexibility index (Phi) is 3.24. The number of nitrogen functional groups attached to an aromatic ring is 1. The minimum absolute atomic E-state index is 0.316. The third-order valence-corrected chi connectivity index (χ3v) is 2.03. The Hall–Kier alpha value is -1.64. The van der Waals surface area contributed by atoms with E-state index in [1.807, 2.05) is 20.8 Å². The fourth-order valence-corrected chi connectivity index (χ4v) is 1.50. The number of nitrogens with two attached hydrogens (primary N) is 1. The minimum atomic E-state index is -0.408. The Morgan fingerprint density at radius 3 is 2.40 bits per heavy atom. The van der Waals surface area contributed by atoms with E-state index in [-0.39, 0.29) is 0 Å². The second-order valence-corrected chi connectivity index (χ2v) is 3.75. The lowest BCUT2D eigenvalue weighted by Crippen LogP contribution is -1.99. The van der Waals surface area contributed by atoms with E-state index < -0.39 is 5.82 Å². The van der Waals surface area contributed by atoms with Gasteiger partial charge < -0.3 is 5.73 Å². The van der Waals surface area contributed by atoms with Crippen LogP contribution in [0, 0.1) is 5.82 Å². The van der Waals surface area contributed by atoms with Crippen molar-refractivity contribution >= 4 is 11.3 Å². The SMILES string of the molecule is C=C(C)C(=C(C)C)c1ncc(N)cc1F. The first-order chi connectivity index (χ1) is 6.93. The van der Waals surface area contributed by atoms with Crippen LogP contribution < -0.4 is 5.73 Å². The van der Waals surface area contributed by atoms with Crippen LogP contribution in [0.5, 0.6) is 0 Å². The number of aromatic nitrogens is 1. The molecule has 0 saturated heterocycles. The summed E-state index contributed by atoms with van der Waals surface area (Å²) in [6.45, 7) is 9.46. The number of halogens is 1. The van der Waals surface area contributed by atoms with Crippen LogP contribution >= 0.6 is 0 Å². The van der Waals surface area contributed by atoms with Crippen LogP contribution in [0.4, 0.5) is 10.1 Å². The van der Waals surface area contributed by atoms with Gasteiger partial charge in [-0.1, -0.05) is 12.2 Å². The zero-order valence-electron chi connectivity index (χ0n) is 9.26. The maximum absolute atomic E-state index is 13.6. The summed E-state index contributed by atoms with van der Waals surface area (Å²) in [4.78, 5) is 4.00. The molecule has 0 bridgehead atoms. The summed E-state index contributed by atoms with van der Waals surface area (Å²) in [5.41, 5.74) is 8.62. The van der Waals surface area contributed by atoms with Gasteiger partial charge in [0.15, 0.2) is 5.82 Å². The molecule has 15 heavy (non-hydrogen) atoms. The van der Waals surface area contributed by atoms with Crippen molar-refractivity contribution in [2.24, 2.45) is 0 Å². The van der Waals surface area contributed by atoms with Crippen molar-refractivity contribution in [1.29, 1.82) is 0 Å². The zero-order valence-corrected chi connectivity index (χ0v) is 9.26. The topological polar surface area (TPSA) is 38.9 Å². The van der Waals surface area contributed by atoms with Gasteiger partial charge >= 0.3 is 0 Å². The van der Waals surface area contributed by atoms with Crippen LogP contribution in [0.1, 0.15) is 26.5 Å². The van der Waals surface area contributed by atoms with Crippen LogP contribution in [0.3, 0.4) is 0 Å². The molecule has 80 valence electrons. The Labute approximate surface area is 89.3 Å². The Morgan fingerprint density at radius 1 is 1.40 bits per heavy atom. The van der Waals surface area contributed by atoms with Gasteiger partial charge in [-0.2, -0.15) is 0 Å². The molecular weight excluding hydrogens is 191 g/mol. The van der Waals surface area contributed by atoms with Gasteiger partial charge in [0, 0.05) is 11.6 Å². The maximum Gasteiger partial charge on any atom is 0.151 e. The number of rotatable bonds is 2. The first-order valence-electron chi connectivity index (χ1n) is 4.68. The second-order valence-electron chi connectivity index (χ2n) is 3.75. The average molecular weight is 206 g/mol. The van der Waals surface area contributed by atoms with Crippen molar-refractivity contribution in [3.05, 3.63) is 41.5 Å². The molecule has 0 atom stereocenters. The lowest BCUT2D eigenvalue weighted by atomic mass is 10.00. The van der Waals surface area contributed by atoms with Crippen molar-refractivity contribution in [3.8, 4) is 0 Å². The normalized spacial score (nSPS) is 9.87. The third kappa shape index (κ3) is 2.43. The van der Waals surface area contributed by atoms with Gasteiger partial charge in [0.05, 0.1) is 11.9 Å². The molecule has 2 N–H and O–H groups in total. The molecule has 0 aliphatic heterocycles. The van der Waals surface area contributed by atoms with E-state index in [4.69, 9.17) is 5.73 Å². The number of hydrogen-bond donors (Lipinski definition) is 1. The van der Waals surface area contributed by atoms with Crippen molar-refractivity contribution in [2.45, 2.75) is 20.8 Å². The minimum Gasteiger partial charge on any atom is -0.397 e. The van der Waals surface area contributed by atoms with E-state index in [1.165, 1.54) is 12.3 Å². The molecule has 1 aromatic rings. The molecule has 1 heterocycles. The van der Waals surface area contributed by atoms with Gasteiger partial charge in [-0.3, -0.25) is 4.98 Å². The van der Waals surface area contributed by atoms with Crippen LogP contribution in [-0.4, -0.2) is 4.98 Å². The second kappa shape index (κ2) is 4.26. The number of pyridine rings is 1. The van der Waals surface area contributed by atoms with Gasteiger partial charge in [0.1, 0.15) is 5.69 Å². The molecule has 0 unspecified atom stereocenters. The van der Waals surface area contributed by atoms with Crippen LogP contribution in [0.25, 0.3) is 5.57 Å². The molecule has 0 radical (unpaired) electrons. The third-order valence-electron chi connectivity index (χ3n) is 2.03. The summed E-state index contributed by atoms with van der Waals surface area (Å²) >= 11 is 0. The fraction of sp³-hybridized carbons (Fsp3) is 0.250. The van der Waals surface area contributed by atoms with Crippen molar-refractivity contribution < 1.29 is 4.39 Å². The highest BCUT2D eigenvalue weighted by molar-refractivity contribution is 5.78. The van der Waals surface area contributed by atoms with E-state index in [0.717, 1.165) is 16.7 Å². The lowest BCUT2D eigenvalue weighted by Gasteiger charge is -2.10. The Balaban J connectivity index is 3.38. The molecule has 0 saturated carbocycles. The molecule has 3 heteroatoms. The smallest absolute Gasteiger partial charge is 0.151 e. The van der Waals surface area contributed by atoms with Gasteiger partial charge in [-0.05, 0) is 26.3 Å². The van der Waals surface area contributed by atoms with Crippen molar-refractivity contribution in [3.63, 3.8) is 0 Å². The molecule has 0 amide bonds. The largest absolute Gasteiger partial charge is 0.397 e. The monoisotopic (exact) mass is 206 g/mol. The number of anilines is 1. The van der Waals surface area contributed by atoms with E-state index >= 15 is 0 Å². The van der Waals surface area contributed by atoms with Gasteiger partial charge in [-0.15, -0.1) is 0 Å². The highest BCUT2D eigenvalue weighted by Crippen LogP contribution is 2.26. The van der Waals surface area contributed by atoms with E-state index in [1.54, 1.807) is 0 Å². The zero-order chi connectivity index (χ0) is 11.6. The van der Waals surface area contributed by atoms with Gasteiger partial charge in [0.25, 0.3) is 0 Å². The maximum atomic E-state index is 13.6. The summed E-state index contributed by atoms with van der Waals surface area (Å²) in [5, 5.41) is 0. The van der Waals surface area contributed by atoms with Gasteiger partial charge in [-0.25, -0.2) is 4.39 Å². The summed E-state index contributed by atoms with van der Waals surface area (Å²) < 4.78 is 13.6. The first kappa shape index (κ1) is 11.4. The highest BCUT2D eigenvalue weighted by atomic mass is 19.1. The van der Waals surface area contributed by atoms with Crippen LogP contribution in [-0.2, 0) is 0 Å². The van der Waals surface area contributed by atoms with Crippen LogP contribution in [0.2, 0.25) is 0 Å². The number of allylic oxidation sites excluding steroid dienone is 3. The Morgan fingerprint density at radius 2 is 2.00 bits per heavy atom. The number of nitrogens with zero attached hydrogens (tertiary/aromatic N) is 1. The molecule has 2 nitrogen and oxygen atoms in total. The van der Waals surface area contributed by atoms with Crippen LogP contribution in [0.15, 0.2) is 30.0 Å². The summed E-state index contributed by atoms with van der Waals surface area (Å²) in [6, 6.07) is 1.27. The molecule has 0 spiro atoms. The average Bonchev–Trinajstić information content (AvgIpc) is 2.08. The standard InChI is InChI=1S/C12H15FN2/c1-7(2)11(8(3)4)12-10(13)5-9(14)6-15-12/h5-6H,1,14H2,2-4H3. The van der Waals surface area contributed by atoms with E-state index in [9.17, 15) is 4.39 Å². The lowest BCUT2D eigenvalue weighted by molar-refractivity contribution is 0.617. The quantitative estimate of drug-likeness (QED) is 0.755. The van der Waals surface area contributed by atoms with Gasteiger partial charge in [0.2, 0.25) is 0 Å². The summed E-state index contributed by atoms with van der Waals surface area (Å²) in [6.07, 6.45) is 1.45. The molecule has 1 rings (SSSR count). The van der Waals surface area contributed by atoms with Crippen molar-refractivity contribution in [1.82, 2.24) is 4.98 Å². The predicted molar refractivity (Wildman–Crippen MR) is 61.7 cm³/mol. The molecular formula is C12H15FN2.